The van der Waals surface area contributed by atoms with E-state index in [1.165, 1.54) is 6.07 Å². The zero-order chi connectivity index (χ0) is 21.8. The van der Waals surface area contributed by atoms with Crippen LogP contribution in [0.3, 0.4) is 0 Å². The number of carbonyl (C=O) groups excluding carboxylic acids is 1. The first kappa shape index (κ1) is 22.2. The summed E-state index contributed by atoms with van der Waals surface area (Å²) in [4.78, 5) is 21.7. The largest absolute Gasteiger partial charge is 0.508 e. The Labute approximate surface area is 176 Å². The molecule has 0 spiro atoms. The number of aromatic hydroxyl groups is 3. The number of phenolic OH excluding ortho intramolecular Hbond substituents is 3. The van der Waals surface area contributed by atoms with Gasteiger partial charge in [0.25, 0.3) is 6.47 Å². The third-order valence-electron chi connectivity index (χ3n) is 6.76. The summed E-state index contributed by atoms with van der Waals surface area (Å²) in [7, 11) is 0. The number of carboxylic acids is 1. The number of aryl methyl sites for hydroxylation is 1. The van der Waals surface area contributed by atoms with E-state index in [4.69, 9.17) is 4.74 Å². The molecule has 0 aliphatic heterocycles. The molecule has 0 bridgehead atoms. The minimum atomic E-state index is -0.707. The molecule has 4 N–H and O–H groups in total. The highest BCUT2D eigenvalue weighted by molar-refractivity contribution is 5.77. The third kappa shape index (κ3) is 5.18. The zero-order valence-corrected chi connectivity index (χ0v) is 17.4. The summed E-state index contributed by atoms with van der Waals surface area (Å²) in [5.74, 6) is -1.18. The van der Waals surface area contributed by atoms with Crippen LogP contribution in [0.25, 0.3) is 0 Å². The Morgan fingerprint density at radius 2 is 1.60 bits per heavy atom. The number of hydrogen-bond donors (Lipinski definition) is 4. The lowest BCUT2D eigenvalue weighted by molar-refractivity contribution is -0.143. The van der Waals surface area contributed by atoms with Gasteiger partial charge in [0.05, 0.1) is 5.41 Å². The van der Waals surface area contributed by atoms with Gasteiger partial charge in [-0.1, -0.05) is 12.8 Å². The van der Waals surface area contributed by atoms with Crippen molar-refractivity contribution in [3.8, 4) is 17.2 Å². The molecule has 0 heterocycles. The van der Waals surface area contributed by atoms with Crippen molar-refractivity contribution in [3.05, 3.63) is 17.2 Å². The average Bonchev–Trinajstić information content (AvgIpc) is 3.62. The standard InChI is InChI=1S/C23H32O7/c24-15-30-23(12-13-23)9-5-3-6-16-14-18(25)17(20(27)19(16)26)7-2-1-4-8-22(10-11-22)21(28)29/h14-15,25-27H,1-13H2,(H,28,29). The van der Waals surface area contributed by atoms with E-state index in [0.717, 1.165) is 57.8 Å². The smallest absolute Gasteiger partial charge is 0.309 e. The normalized spacial score (nSPS) is 18.0. The first-order chi connectivity index (χ1) is 14.3. The molecule has 0 saturated heterocycles. The SMILES string of the molecule is O=COC1(CCCCc2cc(O)c(CCCCCC3(C(=O)O)CC3)c(O)c2O)CC1. The van der Waals surface area contributed by atoms with Crippen LogP contribution in [0, 0.1) is 5.41 Å². The maximum Gasteiger partial charge on any atom is 0.309 e. The first-order valence-corrected chi connectivity index (χ1v) is 10.9. The molecule has 2 aliphatic carbocycles. The van der Waals surface area contributed by atoms with Crippen molar-refractivity contribution in [2.45, 2.75) is 89.1 Å². The number of unbranched alkanes of at least 4 members (excludes halogenated alkanes) is 3. The van der Waals surface area contributed by atoms with Gasteiger partial charge in [0, 0.05) is 11.1 Å². The van der Waals surface area contributed by atoms with Crippen molar-refractivity contribution in [2.24, 2.45) is 5.41 Å². The molecule has 166 valence electrons. The van der Waals surface area contributed by atoms with Gasteiger partial charge < -0.3 is 25.2 Å². The van der Waals surface area contributed by atoms with Gasteiger partial charge in [0.15, 0.2) is 11.5 Å². The molecule has 2 aliphatic rings. The van der Waals surface area contributed by atoms with Gasteiger partial charge in [-0.15, -0.1) is 0 Å². The fourth-order valence-electron chi connectivity index (χ4n) is 4.27. The molecule has 2 fully saturated rings. The van der Waals surface area contributed by atoms with Crippen LogP contribution in [-0.4, -0.2) is 38.5 Å². The molecule has 3 rings (SSSR count). The van der Waals surface area contributed by atoms with E-state index < -0.39 is 11.4 Å². The highest BCUT2D eigenvalue weighted by atomic mass is 16.5. The fourth-order valence-corrected chi connectivity index (χ4v) is 4.27. The third-order valence-corrected chi connectivity index (χ3v) is 6.76. The second-order valence-electron chi connectivity index (χ2n) is 8.98. The van der Waals surface area contributed by atoms with E-state index in [9.17, 15) is 30.0 Å². The molecule has 2 saturated carbocycles. The molecular weight excluding hydrogens is 388 g/mol. The van der Waals surface area contributed by atoms with Gasteiger partial charge in [-0.05, 0) is 76.7 Å². The van der Waals surface area contributed by atoms with E-state index in [2.05, 4.69) is 0 Å². The van der Waals surface area contributed by atoms with Crippen molar-refractivity contribution < 1.29 is 34.8 Å². The van der Waals surface area contributed by atoms with Crippen LogP contribution in [0.2, 0.25) is 0 Å². The van der Waals surface area contributed by atoms with E-state index in [1.54, 1.807) is 0 Å². The van der Waals surface area contributed by atoms with Crippen LogP contribution in [0.15, 0.2) is 6.07 Å². The van der Waals surface area contributed by atoms with Gasteiger partial charge in [-0.25, -0.2) is 0 Å². The average molecular weight is 421 g/mol. The Morgan fingerprint density at radius 1 is 0.933 bits per heavy atom. The predicted octanol–water partition coefficient (Wildman–Crippen LogP) is 4.19. The van der Waals surface area contributed by atoms with E-state index in [0.29, 0.717) is 43.3 Å². The number of ether oxygens (including phenoxy) is 1. The summed E-state index contributed by atoms with van der Waals surface area (Å²) in [5.41, 5.74) is 0.0449. The molecule has 7 heteroatoms. The maximum absolute atomic E-state index is 11.2. The number of carboxylic acid groups (broad SMARTS) is 1. The first-order valence-electron chi connectivity index (χ1n) is 10.9. The van der Waals surface area contributed by atoms with Gasteiger partial charge in [-0.2, -0.15) is 0 Å². The number of aliphatic carboxylic acids is 1. The van der Waals surface area contributed by atoms with Crippen LogP contribution in [0.5, 0.6) is 17.2 Å². The van der Waals surface area contributed by atoms with Gasteiger partial charge >= 0.3 is 5.97 Å². The Kier molecular flexibility index (Phi) is 6.78. The molecular formula is C23H32O7. The van der Waals surface area contributed by atoms with Crippen molar-refractivity contribution in [3.63, 3.8) is 0 Å². The van der Waals surface area contributed by atoms with E-state index in [-0.39, 0.29) is 22.8 Å². The molecule has 0 radical (unpaired) electrons. The molecule has 7 nitrogen and oxygen atoms in total. The predicted molar refractivity (Wildman–Crippen MR) is 110 cm³/mol. The molecule has 0 aromatic heterocycles. The van der Waals surface area contributed by atoms with Gasteiger partial charge in [0.1, 0.15) is 11.4 Å². The van der Waals surface area contributed by atoms with Crippen LogP contribution in [0.1, 0.15) is 81.8 Å². The number of rotatable bonds is 14. The van der Waals surface area contributed by atoms with Crippen LogP contribution >= 0.6 is 0 Å². The molecule has 0 unspecified atom stereocenters. The molecule has 30 heavy (non-hydrogen) atoms. The second kappa shape index (κ2) is 9.14. The summed E-state index contributed by atoms with van der Waals surface area (Å²) in [6.45, 7) is 0.504. The number of hydrogen-bond acceptors (Lipinski definition) is 6. The number of phenols is 3. The maximum atomic E-state index is 11.2. The van der Waals surface area contributed by atoms with Crippen molar-refractivity contribution in [1.82, 2.24) is 0 Å². The Balaban J connectivity index is 1.44. The summed E-state index contributed by atoms with van der Waals surface area (Å²) in [6, 6.07) is 1.52. The zero-order valence-electron chi connectivity index (χ0n) is 17.4. The topological polar surface area (TPSA) is 124 Å². The van der Waals surface area contributed by atoms with Crippen molar-refractivity contribution >= 4 is 12.4 Å². The lowest BCUT2D eigenvalue weighted by atomic mass is 9.95. The van der Waals surface area contributed by atoms with E-state index in [1.807, 2.05) is 0 Å². The molecule has 1 aromatic carbocycles. The molecule has 1 aromatic rings. The molecule has 0 amide bonds. The van der Waals surface area contributed by atoms with Crippen LogP contribution in [0.4, 0.5) is 0 Å². The van der Waals surface area contributed by atoms with Gasteiger partial charge in [0.2, 0.25) is 0 Å². The van der Waals surface area contributed by atoms with E-state index >= 15 is 0 Å². The quantitative estimate of drug-likeness (QED) is 0.154. The summed E-state index contributed by atoms with van der Waals surface area (Å²) >= 11 is 0. The summed E-state index contributed by atoms with van der Waals surface area (Å²) < 4.78 is 5.12. The number of carbonyl (C=O) groups is 2. The minimum Gasteiger partial charge on any atom is -0.508 e. The lowest BCUT2D eigenvalue weighted by Crippen LogP contribution is -2.14. The number of benzene rings is 1. The highest BCUT2D eigenvalue weighted by Crippen LogP contribution is 2.50. The second-order valence-corrected chi connectivity index (χ2v) is 8.98. The van der Waals surface area contributed by atoms with Crippen molar-refractivity contribution in [1.29, 1.82) is 0 Å². The van der Waals surface area contributed by atoms with Gasteiger partial charge in [-0.3, -0.25) is 9.59 Å². The van der Waals surface area contributed by atoms with Crippen LogP contribution < -0.4 is 0 Å². The minimum absolute atomic E-state index is 0.0209. The summed E-state index contributed by atoms with van der Waals surface area (Å²) in [5, 5.41) is 40.2. The Hall–Kier alpha value is -2.44. The van der Waals surface area contributed by atoms with Crippen LogP contribution in [-0.2, 0) is 27.2 Å². The fraction of sp³-hybridized carbons (Fsp3) is 0.652. The Bertz CT molecular complexity index is 778. The lowest BCUT2D eigenvalue weighted by Gasteiger charge is -2.15. The van der Waals surface area contributed by atoms with Crippen molar-refractivity contribution in [2.75, 3.05) is 0 Å². The molecule has 0 atom stereocenters. The summed E-state index contributed by atoms with van der Waals surface area (Å²) in [6.07, 6.45) is 9.58. The Morgan fingerprint density at radius 3 is 2.20 bits per heavy atom. The highest BCUT2D eigenvalue weighted by Gasteiger charge is 2.49. The monoisotopic (exact) mass is 420 g/mol.